The molecule has 0 spiro atoms. The number of fused-ring (bicyclic) bond motifs is 1. The zero-order valence-corrected chi connectivity index (χ0v) is 10.6. The number of hydrogen-bond donors (Lipinski definition) is 1. The average molecular weight is 238 g/mol. The molecule has 1 heterocycles. The van der Waals surface area contributed by atoms with E-state index in [1.54, 1.807) is 0 Å². The Hall–Kier alpha value is -0.990. The highest BCUT2D eigenvalue weighted by Gasteiger charge is 2.14. The van der Waals surface area contributed by atoms with E-state index in [2.05, 4.69) is 25.2 Å². The first-order valence-electron chi connectivity index (χ1n) is 5.52. The fourth-order valence-corrected chi connectivity index (χ4v) is 2.40. The van der Waals surface area contributed by atoms with Gasteiger partial charge in [0.05, 0.1) is 11.6 Å². The number of hydrogen-bond acceptors (Lipinski definition) is 2. The lowest BCUT2D eigenvalue weighted by molar-refractivity contribution is 0.525. The van der Waals surface area contributed by atoms with Crippen molar-refractivity contribution in [1.82, 2.24) is 5.32 Å². The summed E-state index contributed by atoms with van der Waals surface area (Å²) in [4.78, 5) is 0. The van der Waals surface area contributed by atoms with Gasteiger partial charge in [0, 0.05) is 10.9 Å². The number of nitrogens with one attached hydrogen (secondary N) is 1. The highest BCUT2D eigenvalue weighted by atomic mass is 35.5. The number of benzene rings is 1. The summed E-state index contributed by atoms with van der Waals surface area (Å²) >= 11 is 6.19. The maximum Gasteiger partial charge on any atom is 0.153 e. The van der Waals surface area contributed by atoms with E-state index in [4.69, 9.17) is 16.0 Å². The topological polar surface area (TPSA) is 25.2 Å². The van der Waals surface area contributed by atoms with Crippen LogP contribution in [0, 0.1) is 6.92 Å². The molecule has 0 fully saturated rings. The molecule has 2 nitrogen and oxygen atoms in total. The molecule has 0 aliphatic heterocycles. The molecule has 2 aromatic rings. The van der Waals surface area contributed by atoms with Gasteiger partial charge in [-0.15, -0.1) is 0 Å². The third-order valence-electron chi connectivity index (χ3n) is 2.77. The van der Waals surface area contributed by atoms with Crippen LogP contribution in [-0.4, -0.2) is 7.05 Å². The van der Waals surface area contributed by atoms with Crippen LogP contribution in [-0.2, 0) is 13.0 Å². The molecule has 1 aromatic carbocycles. The predicted octanol–water partition coefficient (Wildman–Crippen LogP) is 3.68. The lowest BCUT2D eigenvalue weighted by atomic mass is 10.1. The summed E-state index contributed by atoms with van der Waals surface area (Å²) in [5, 5.41) is 4.97. The summed E-state index contributed by atoms with van der Waals surface area (Å²) in [5.41, 5.74) is 3.24. The standard InChI is InChI=1S/C13H16ClNO/c1-4-9-10-5-8(2)6-11(14)13(10)16-12(9)7-15-3/h5-6,15H,4,7H2,1-3H3. The Morgan fingerprint density at radius 3 is 2.75 bits per heavy atom. The van der Waals surface area contributed by atoms with Crippen molar-refractivity contribution in [2.75, 3.05) is 7.05 Å². The molecule has 0 radical (unpaired) electrons. The van der Waals surface area contributed by atoms with Crippen molar-refractivity contribution < 1.29 is 4.42 Å². The van der Waals surface area contributed by atoms with E-state index in [0.717, 1.165) is 29.7 Å². The SMILES string of the molecule is CCc1c(CNC)oc2c(Cl)cc(C)cc12. The molecule has 1 aromatic heterocycles. The zero-order chi connectivity index (χ0) is 11.7. The summed E-state index contributed by atoms with van der Waals surface area (Å²) in [6.45, 7) is 4.93. The quantitative estimate of drug-likeness (QED) is 0.881. The van der Waals surface area contributed by atoms with Crippen molar-refractivity contribution in [3.05, 3.63) is 34.0 Å². The van der Waals surface area contributed by atoms with Crippen LogP contribution in [0.5, 0.6) is 0 Å². The van der Waals surface area contributed by atoms with Gasteiger partial charge in [-0.2, -0.15) is 0 Å². The number of aryl methyl sites for hydroxylation is 2. The Balaban J connectivity index is 2.71. The van der Waals surface area contributed by atoms with Crippen LogP contribution < -0.4 is 5.32 Å². The van der Waals surface area contributed by atoms with Crippen molar-refractivity contribution >= 4 is 22.6 Å². The first kappa shape index (κ1) is 11.5. The molecule has 0 aliphatic rings. The number of halogens is 1. The van der Waals surface area contributed by atoms with Crippen LogP contribution in [0.25, 0.3) is 11.0 Å². The van der Waals surface area contributed by atoms with Gasteiger partial charge in [0.2, 0.25) is 0 Å². The Morgan fingerprint density at radius 2 is 2.12 bits per heavy atom. The van der Waals surface area contributed by atoms with Gasteiger partial charge in [0.1, 0.15) is 5.76 Å². The van der Waals surface area contributed by atoms with Crippen LogP contribution >= 0.6 is 11.6 Å². The minimum absolute atomic E-state index is 0.701. The Bertz CT molecular complexity index is 516. The van der Waals surface area contributed by atoms with Gasteiger partial charge in [-0.3, -0.25) is 0 Å². The third kappa shape index (κ3) is 1.83. The van der Waals surface area contributed by atoms with Crippen molar-refractivity contribution in [2.24, 2.45) is 0 Å². The van der Waals surface area contributed by atoms with Crippen molar-refractivity contribution in [3.8, 4) is 0 Å². The molecule has 1 N–H and O–H groups in total. The van der Waals surface area contributed by atoms with Gasteiger partial charge in [-0.05, 0) is 38.1 Å². The molecule has 0 amide bonds. The molecule has 2 rings (SSSR count). The predicted molar refractivity (Wildman–Crippen MR) is 68.1 cm³/mol. The van der Waals surface area contributed by atoms with Crippen LogP contribution in [0.4, 0.5) is 0 Å². The maximum absolute atomic E-state index is 6.19. The Morgan fingerprint density at radius 1 is 1.38 bits per heavy atom. The fourth-order valence-electron chi connectivity index (χ4n) is 2.08. The molecule has 0 aliphatic carbocycles. The highest BCUT2D eigenvalue weighted by molar-refractivity contribution is 6.35. The molecule has 0 bridgehead atoms. The lowest BCUT2D eigenvalue weighted by Gasteiger charge is -1.98. The van der Waals surface area contributed by atoms with Crippen LogP contribution in [0.2, 0.25) is 5.02 Å². The van der Waals surface area contributed by atoms with E-state index in [9.17, 15) is 0 Å². The van der Waals surface area contributed by atoms with E-state index >= 15 is 0 Å². The first-order chi connectivity index (χ1) is 7.67. The third-order valence-corrected chi connectivity index (χ3v) is 3.05. The normalized spacial score (nSPS) is 11.2. The molecule has 0 unspecified atom stereocenters. The molecule has 0 saturated carbocycles. The summed E-state index contributed by atoms with van der Waals surface area (Å²) in [5.74, 6) is 0.993. The molecular weight excluding hydrogens is 222 g/mol. The minimum Gasteiger partial charge on any atom is -0.458 e. The maximum atomic E-state index is 6.19. The zero-order valence-electron chi connectivity index (χ0n) is 9.86. The van der Waals surface area contributed by atoms with Gasteiger partial charge < -0.3 is 9.73 Å². The summed E-state index contributed by atoms with van der Waals surface area (Å²) in [6.07, 6.45) is 0.962. The Labute approximate surface area is 101 Å². The van der Waals surface area contributed by atoms with Gasteiger partial charge >= 0.3 is 0 Å². The smallest absolute Gasteiger partial charge is 0.153 e. The number of rotatable bonds is 3. The second kappa shape index (κ2) is 4.48. The van der Waals surface area contributed by atoms with Gasteiger partial charge in [-0.1, -0.05) is 18.5 Å². The van der Waals surface area contributed by atoms with E-state index in [1.165, 1.54) is 11.1 Å². The second-order valence-electron chi connectivity index (χ2n) is 4.01. The Kier molecular flexibility index (Phi) is 3.22. The molecular formula is C13H16ClNO. The van der Waals surface area contributed by atoms with Crippen molar-refractivity contribution in [3.63, 3.8) is 0 Å². The monoisotopic (exact) mass is 237 g/mol. The van der Waals surface area contributed by atoms with E-state index in [0.29, 0.717) is 5.02 Å². The van der Waals surface area contributed by atoms with Crippen LogP contribution in [0.1, 0.15) is 23.8 Å². The largest absolute Gasteiger partial charge is 0.458 e. The summed E-state index contributed by atoms with van der Waals surface area (Å²) in [7, 11) is 1.92. The average Bonchev–Trinajstić information content (AvgIpc) is 2.56. The fraction of sp³-hybridized carbons (Fsp3) is 0.385. The summed E-state index contributed by atoms with van der Waals surface area (Å²) < 4.78 is 5.82. The first-order valence-corrected chi connectivity index (χ1v) is 5.90. The molecule has 86 valence electrons. The lowest BCUT2D eigenvalue weighted by Crippen LogP contribution is -2.05. The van der Waals surface area contributed by atoms with Crippen molar-refractivity contribution in [2.45, 2.75) is 26.8 Å². The van der Waals surface area contributed by atoms with Crippen LogP contribution in [0.15, 0.2) is 16.5 Å². The second-order valence-corrected chi connectivity index (χ2v) is 4.42. The van der Waals surface area contributed by atoms with Gasteiger partial charge in [0.25, 0.3) is 0 Å². The van der Waals surface area contributed by atoms with E-state index < -0.39 is 0 Å². The van der Waals surface area contributed by atoms with E-state index in [-0.39, 0.29) is 0 Å². The molecule has 16 heavy (non-hydrogen) atoms. The molecule has 0 saturated heterocycles. The molecule has 3 heteroatoms. The van der Waals surface area contributed by atoms with Crippen molar-refractivity contribution in [1.29, 1.82) is 0 Å². The van der Waals surface area contributed by atoms with Gasteiger partial charge in [-0.25, -0.2) is 0 Å². The molecule has 0 atom stereocenters. The van der Waals surface area contributed by atoms with Gasteiger partial charge in [0.15, 0.2) is 5.58 Å². The van der Waals surface area contributed by atoms with E-state index in [1.807, 2.05) is 13.1 Å². The number of furan rings is 1. The minimum atomic E-state index is 0.701. The van der Waals surface area contributed by atoms with Crippen LogP contribution in [0.3, 0.4) is 0 Å². The summed E-state index contributed by atoms with van der Waals surface area (Å²) in [6, 6.07) is 4.08. The highest BCUT2D eigenvalue weighted by Crippen LogP contribution is 2.32.